The lowest BCUT2D eigenvalue weighted by Gasteiger charge is -2.24. The molecule has 3 aromatic rings. The first-order valence-electron chi connectivity index (χ1n) is 11.0. The third-order valence-electron chi connectivity index (χ3n) is 5.89. The molecule has 1 atom stereocenters. The van der Waals surface area contributed by atoms with Gasteiger partial charge >= 0.3 is 5.97 Å². The van der Waals surface area contributed by atoms with Crippen LogP contribution in [-0.2, 0) is 24.2 Å². The molecular formula is C27H25ClFNO4. The van der Waals surface area contributed by atoms with Gasteiger partial charge in [0.1, 0.15) is 17.2 Å². The van der Waals surface area contributed by atoms with Gasteiger partial charge in [-0.25, -0.2) is 4.39 Å². The number of aliphatic carboxylic acids is 1. The van der Waals surface area contributed by atoms with Crippen LogP contribution in [0.3, 0.4) is 0 Å². The maximum absolute atomic E-state index is 13.5. The Hall–Kier alpha value is -3.38. The highest BCUT2D eigenvalue weighted by atomic mass is 35.5. The van der Waals surface area contributed by atoms with Gasteiger partial charge in [0.05, 0.1) is 11.4 Å². The summed E-state index contributed by atoms with van der Waals surface area (Å²) in [6.45, 7) is 2.41. The second kappa shape index (κ2) is 9.85. The van der Waals surface area contributed by atoms with Crippen LogP contribution in [-0.4, -0.2) is 34.0 Å². The molecule has 34 heavy (non-hydrogen) atoms. The number of halogens is 2. The zero-order valence-corrected chi connectivity index (χ0v) is 19.5. The molecule has 4 rings (SSSR count). The molecule has 0 saturated heterocycles. The molecule has 7 heteroatoms. The third-order valence-corrected chi connectivity index (χ3v) is 6.18. The van der Waals surface area contributed by atoms with Gasteiger partial charge in [0.2, 0.25) is 0 Å². The number of benzene rings is 3. The van der Waals surface area contributed by atoms with Crippen LogP contribution in [0.15, 0.2) is 66.7 Å². The fourth-order valence-corrected chi connectivity index (χ4v) is 4.51. The molecule has 1 amide bonds. The maximum Gasteiger partial charge on any atom is 0.305 e. The minimum absolute atomic E-state index is 0.0735. The van der Waals surface area contributed by atoms with Crippen LogP contribution >= 0.6 is 11.6 Å². The number of rotatable bonds is 8. The van der Waals surface area contributed by atoms with Crippen molar-refractivity contribution >= 4 is 23.5 Å². The average Bonchev–Trinajstić information content (AvgIpc) is 3.14. The van der Waals surface area contributed by atoms with Crippen molar-refractivity contribution < 1.29 is 23.8 Å². The Labute approximate surface area is 202 Å². The van der Waals surface area contributed by atoms with Crippen molar-refractivity contribution in [3.05, 3.63) is 99.8 Å². The van der Waals surface area contributed by atoms with E-state index in [2.05, 4.69) is 0 Å². The summed E-state index contributed by atoms with van der Waals surface area (Å²) >= 11 is 5.93. The number of carboxylic acid groups (broad SMARTS) is 1. The zero-order valence-electron chi connectivity index (χ0n) is 18.8. The van der Waals surface area contributed by atoms with Crippen molar-refractivity contribution in [2.75, 3.05) is 6.54 Å². The summed E-state index contributed by atoms with van der Waals surface area (Å²) in [5.74, 6) is -0.943. The molecule has 0 aliphatic carbocycles. The molecule has 1 aliphatic rings. The van der Waals surface area contributed by atoms with E-state index in [4.69, 9.17) is 21.4 Å². The molecule has 1 heterocycles. The van der Waals surface area contributed by atoms with Crippen molar-refractivity contribution in [2.24, 2.45) is 0 Å². The fourth-order valence-electron chi connectivity index (χ4n) is 4.30. The number of carboxylic acids is 1. The quantitative estimate of drug-likeness (QED) is 0.459. The number of ether oxygens (including phenoxy) is 1. The largest absolute Gasteiger partial charge is 0.487 e. The normalized spacial score (nSPS) is 16.6. The summed E-state index contributed by atoms with van der Waals surface area (Å²) in [5.41, 5.74) is 2.62. The van der Waals surface area contributed by atoms with Gasteiger partial charge in [0.25, 0.3) is 5.91 Å². The first-order chi connectivity index (χ1) is 16.2. The molecule has 1 aliphatic heterocycles. The Kier molecular flexibility index (Phi) is 6.89. The molecule has 176 valence electrons. The number of hydrogen-bond donors (Lipinski definition) is 1. The molecule has 0 radical (unpaired) electrons. The lowest BCUT2D eigenvalue weighted by atomic mass is 9.91. The van der Waals surface area contributed by atoms with Gasteiger partial charge in [-0.2, -0.15) is 0 Å². The summed E-state index contributed by atoms with van der Waals surface area (Å²) in [4.78, 5) is 26.0. The van der Waals surface area contributed by atoms with Crippen molar-refractivity contribution in [1.82, 2.24) is 4.90 Å². The van der Waals surface area contributed by atoms with Gasteiger partial charge in [0, 0.05) is 31.5 Å². The summed E-state index contributed by atoms with van der Waals surface area (Å²) < 4.78 is 19.7. The van der Waals surface area contributed by atoms with Crippen LogP contribution in [0, 0.1) is 5.82 Å². The van der Waals surface area contributed by atoms with Gasteiger partial charge in [-0.3, -0.25) is 9.59 Å². The van der Waals surface area contributed by atoms with Crippen LogP contribution in [0.5, 0.6) is 5.75 Å². The lowest BCUT2D eigenvalue weighted by molar-refractivity contribution is -0.137. The molecular weight excluding hydrogens is 457 g/mol. The summed E-state index contributed by atoms with van der Waals surface area (Å²) in [7, 11) is 0. The number of fused-ring (bicyclic) bond motifs is 1. The Morgan fingerprint density at radius 3 is 2.56 bits per heavy atom. The van der Waals surface area contributed by atoms with Crippen molar-refractivity contribution in [2.45, 2.75) is 38.3 Å². The van der Waals surface area contributed by atoms with Crippen molar-refractivity contribution in [3.63, 3.8) is 0 Å². The van der Waals surface area contributed by atoms with E-state index in [1.165, 1.54) is 6.07 Å². The summed E-state index contributed by atoms with van der Waals surface area (Å²) in [5, 5.41) is 9.21. The van der Waals surface area contributed by atoms with Gasteiger partial charge in [-0.15, -0.1) is 0 Å². The van der Waals surface area contributed by atoms with Gasteiger partial charge < -0.3 is 14.7 Å². The Morgan fingerprint density at radius 1 is 1.09 bits per heavy atom. The van der Waals surface area contributed by atoms with E-state index in [-0.39, 0.29) is 23.9 Å². The minimum Gasteiger partial charge on any atom is -0.487 e. The smallest absolute Gasteiger partial charge is 0.305 e. The van der Waals surface area contributed by atoms with Gasteiger partial charge in [-0.1, -0.05) is 48.0 Å². The number of carbonyl (C=O) groups is 2. The van der Waals surface area contributed by atoms with E-state index in [9.17, 15) is 14.0 Å². The highest BCUT2D eigenvalue weighted by Gasteiger charge is 2.35. The summed E-state index contributed by atoms with van der Waals surface area (Å²) in [6.07, 6.45) is 0.973. The SMILES string of the molecule is CC1(Cc2ccc(F)c(Cl)c2)Cc2cc(C(=O)N(CCC(=O)O)Cc3ccccc3)ccc2O1. The van der Waals surface area contributed by atoms with Gasteiger partial charge in [-0.05, 0) is 53.9 Å². The molecule has 3 aromatic carbocycles. The number of carbonyl (C=O) groups excluding carboxylic acids is 1. The van der Waals surface area contributed by atoms with Crippen molar-refractivity contribution in [3.8, 4) is 5.75 Å². The number of amides is 1. The molecule has 0 spiro atoms. The molecule has 0 fully saturated rings. The Balaban J connectivity index is 1.52. The molecule has 0 bridgehead atoms. The molecule has 0 saturated carbocycles. The van der Waals surface area contributed by atoms with E-state index in [0.717, 1.165) is 16.7 Å². The van der Waals surface area contributed by atoms with Crippen LogP contribution in [0.1, 0.15) is 40.4 Å². The Bertz CT molecular complexity index is 1220. The molecule has 0 aromatic heterocycles. The number of hydrogen-bond acceptors (Lipinski definition) is 3. The fraction of sp³-hybridized carbons (Fsp3) is 0.259. The second-order valence-electron chi connectivity index (χ2n) is 8.83. The predicted octanol–water partition coefficient (Wildman–Crippen LogP) is 5.53. The van der Waals surface area contributed by atoms with Crippen molar-refractivity contribution in [1.29, 1.82) is 0 Å². The number of nitrogens with zero attached hydrogens (tertiary/aromatic N) is 1. The average molecular weight is 482 g/mol. The second-order valence-corrected chi connectivity index (χ2v) is 9.24. The van der Waals surface area contributed by atoms with E-state index < -0.39 is 17.4 Å². The molecule has 5 nitrogen and oxygen atoms in total. The maximum atomic E-state index is 13.5. The van der Waals surface area contributed by atoms with Crippen LogP contribution in [0.2, 0.25) is 5.02 Å². The van der Waals surface area contributed by atoms with Crippen LogP contribution in [0.25, 0.3) is 0 Å². The van der Waals surface area contributed by atoms with E-state index in [0.29, 0.717) is 30.7 Å². The lowest BCUT2D eigenvalue weighted by Crippen LogP contribution is -2.33. The zero-order chi connectivity index (χ0) is 24.3. The summed E-state index contributed by atoms with van der Waals surface area (Å²) in [6, 6.07) is 19.4. The Morgan fingerprint density at radius 2 is 1.85 bits per heavy atom. The van der Waals surface area contributed by atoms with E-state index in [1.54, 1.807) is 29.2 Å². The van der Waals surface area contributed by atoms with Gasteiger partial charge in [0.15, 0.2) is 0 Å². The first kappa shape index (κ1) is 23.8. The standard InChI is InChI=1S/C27H25ClFNO4/c1-27(15-19-7-9-23(29)22(28)13-19)16-21-14-20(8-10-24(21)34-27)26(33)30(12-11-25(31)32)17-18-5-3-2-4-6-18/h2-10,13-14H,11-12,15-17H2,1H3,(H,31,32). The monoisotopic (exact) mass is 481 g/mol. The highest BCUT2D eigenvalue weighted by molar-refractivity contribution is 6.30. The van der Waals surface area contributed by atoms with Crippen LogP contribution in [0.4, 0.5) is 4.39 Å². The molecule has 1 unspecified atom stereocenters. The third kappa shape index (κ3) is 5.57. The van der Waals surface area contributed by atoms with E-state index in [1.807, 2.05) is 43.3 Å². The molecule has 1 N–H and O–H groups in total. The first-order valence-corrected chi connectivity index (χ1v) is 11.4. The van der Waals surface area contributed by atoms with E-state index >= 15 is 0 Å². The highest BCUT2D eigenvalue weighted by Crippen LogP contribution is 2.38. The topological polar surface area (TPSA) is 66.8 Å². The predicted molar refractivity (Wildman–Crippen MR) is 128 cm³/mol. The minimum atomic E-state index is -0.954. The van der Waals surface area contributed by atoms with Crippen LogP contribution < -0.4 is 4.74 Å².